The molecule has 0 atom stereocenters. The quantitative estimate of drug-likeness (QED) is 0.803. The Hall–Kier alpha value is -2.10. The van der Waals surface area contributed by atoms with Gasteiger partial charge in [-0.1, -0.05) is 13.0 Å². The van der Waals surface area contributed by atoms with Crippen molar-refractivity contribution in [2.45, 2.75) is 34.1 Å². The molecule has 0 aliphatic carbocycles. The van der Waals surface area contributed by atoms with Gasteiger partial charge in [-0.25, -0.2) is 9.48 Å². The lowest BCUT2D eigenvalue weighted by atomic mass is 10.1. The average molecular weight is 272 g/mol. The molecule has 0 fully saturated rings. The highest BCUT2D eigenvalue weighted by Gasteiger charge is 2.18. The number of hydrogen-bond donors (Lipinski definition) is 0. The summed E-state index contributed by atoms with van der Waals surface area (Å²) in [5.74, 6) is -0.306. The van der Waals surface area contributed by atoms with E-state index in [0.29, 0.717) is 12.2 Å². The van der Waals surface area contributed by atoms with E-state index in [0.717, 1.165) is 17.8 Å². The second kappa shape index (κ2) is 5.90. The lowest BCUT2D eigenvalue weighted by Gasteiger charge is -2.09. The predicted octanol–water partition coefficient (Wildman–Crippen LogP) is 3.23. The van der Waals surface area contributed by atoms with Gasteiger partial charge >= 0.3 is 5.97 Å². The fourth-order valence-electron chi connectivity index (χ4n) is 2.39. The maximum Gasteiger partial charge on any atom is 0.341 e. The largest absolute Gasteiger partial charge is 0.462 e. The van der Waals surface area contributed by atoms with Crippen LogP contribution in [0.1, 0.15) is 41.0 Å². The number of rotatable bonds is 4. The second-order valence-corrected chi connectivity index (χ2v) is 4.84. The molecule has 20 heavy (non-hydrogen) atoms. The van der Waals surface area contributed by atoms with Crippen LogP contribution in [0.2, 0.25) is 0 Å². The van der Waals surface area contributed by atoms with Crippen molar-refractivity contribution in [3.63, 3.8) is 0 Å². The van der Waals surface area contributed by atoms with Gasteiger partial charge in [0.2, 0.25) is 0 Å². The molecule has 0 bridgehead atoms. The number of carbonyl (C=O) groups is 1. The van der Waals surface area contributed by atoms with Crippen LogP contribution < -0.4 is 0 Å². The first-order valence-electron chi connectivity index (χ1n) is 6.89. The fraction of sp³-hybridized carbons (Fsp3) is 0.375. The summed E-state index contributed by atoms with van der Waals surface area (Å²) in [5, 5.41) is 4.36. The van der Waals surface area contributed by atoms with Gasteiger partial charge in [0.15, 0.2) is 0 Å². The lowest BCUT2D eigenvalue weighted by Crippen LogP contribution is -2.09. The lowest BCUT2D eigenvalue weighted by molar-refractivity contribution is 0.0525. The highest BCUT2D eigenvalue weighted by atomic mass is 16.5. The van der Waals surface area contributed by atoms with Crippen LogP contribution in [-0.2, 0) is 11.2 Å². The number of carbonyl (C=O) groups excluding carboxylic acids is 1. The second-order valence-electron chi connectivity index (χ2n) is 4.84. The Balaban J connectivity index is 2.50. The molecule has 0 amide bonds. The number of nitrogens with zero attached hydrogens (tertiary/aromatic N) is 2. The number of aromatic nitrogens is 2. The van der Waals surface area contributed by atoms with Crippen LogP contribution in [0.5, 0.6) is 0 Å². The summed E-state index contributed by atoms with van der Waals surface area (Å²) in [5.41, 5.74) is 4.77. The molecule has 1 aromatic heterocycles. The summed E-state index contributed by atoms with van der Waals surface area (Å²) < 4.78 is 6.90. The zero-order valence-corrected chi connectivity index (χ0v) is 12.4. The average Bonchev–Trinajstić information content (AvgIpc) is 2.81. The van der Waals surface area contributed by atoms with Gasteiger partial charge in [-0.05, 0) is 50.5 Å². The Bertz CT molecular complexity index is 609. The van der Waals surface area contributed by atoms with Gasteiger partial charge in [0, 0.05) is 0 Å². The normalized spacial score (nSPS) is 10.6. The molecule has 0 saturated heterocycles. The van der Waals surface area contributed by atoms with Gasteiger partial charge < -0.3 is 4.74 Å². The van der Waals surface area contributed by atoms with Crippen molar-refractivity contribution >= 4 is 5.97 Å². The summed E-state index contributed by atoms with van der Waals surface area (Å²) >= 11 is 0. The first-order chi connectivity index (χ1) is 9.56. The minimum atomic E-state index is -0.306. The van der Waals surface area contributed by atoms with Gasteiger partial charge in [0.05, 0.1) is 24.2 Å². The van der Waals surface area contributed by atoms with Crippen molar-refractivity contribution < 1.29 is 9.53 Å². The van der Waals surface area contributed by atoms with E-state index in [-0.39, 0.29) is 5.97 Å². The van der Waals surface area contributed by atoms with E-state index < -0.39 is 0 Å². The fourth-order valence-corrected chi connectivity index (χ4v) is 2.39. The molecule has 0 N–H and O–H groups in total. The number of esters is 1. The van der Waals surface area contributed by atoms with Crippen molar-refractivity contribution in [1.29, 1.82) is 0 Å². The van der Waals surface area contributed by atoms with Crippen molar-refractivity contribution in [3.05, 3.63) is 46.8 Å². The molecule has 2 aromatic rings. The van der Waals surface area contributed by atoms with Crippen molar-refractivity contribution in [2.24, 2.45) is 0 Å². The highest BCUT2D eigenvalue weighted by Crippen LogP contribution is 2.19. The Morgan fingerprint density at radius 3 is 2.40 bits per heavy atom. The molecule has 2 rings (SSSR count). The maximum absolute atomic E-state index is 11.9. The van der Waals surface area contributed by atoms with E-state index in [1.165, 1.54) is 11.1 Å². The summed E-state index contributed by atoms with van der Waals surface area (Å²) in [4.78, 5) is 11.9. The molecular formula is C16H20N2O2. The summed E-state index contributed by atoms with van der Waals surface area (Å²) in [6, 6.07) is 6.24. The number of hydrogen-bond acceptors (Lipinski definition) is 3. The molecule has 1 heterocycles. The first kappa shape index (κ1) is 14.3. The topological polar surface area (TPSA) is 44.1 Å². The van der Waals surface area contributed by atoms with Crippen LogP contribution in [0.25, 0.3) is 5.69 Å². The predicted molar refractivity (Wildman–Crippen MR) is 78.4 cm³/mol. The Morgan fingerprint density at radius 1 is 1.20 bits per heavy atom. The third-order valence-electron chi connectivity index (χ3n) is 3.15. The van der Waals surface area contributed by atoms with E-state index in [1.807, 2.05) is 11.6 Å². The molecule has 0 aliphatic heterocycles. The minimum absolute atomic E-state index is 0.306. The van der Waals surface area contributed by atoms with Gasteiger partial charge in [-0.15, -0.1) is 0 Å². The van der Waals surface area contributed by atoms with Gasteiger partial charge in [0.1, 0.15) is 5.56 Å². The molecule has 0 radical (unpaired) electrons. The van der Waals surface area contributed by atoms with E-state index in [2.05, 4.69) is 37.1 Å². The molecule has 0 unspecified atom stereocenters. The van der Waals surface area contributed by atoms with Crippen LogP contribution in [0.4, 0.5) is 0 Å². The molecule has 0 aliphatic rings. The van der Waals surface area contributed by atoms with Crippen molar-refractivity contribution in [2.75, 3.05) is 6.61 Å². The number of ether oxygens (including phenoxy) is 1. The monoisotopic (exact) mass is 272 g/mol. The smallest absolute Gasteiger partial charge is 0.341 e. The molecule has 0 saturated carbocycles. The molecule has 1 aromatic carbocycles. The number of benzene rings is 1. The van der Waals surface area contributed by atoms with Crippen LogP contribution in [0.15, 0.2) is 24.4 Å². The summed E-state index contributed by atoms with van der Waals surface area (Å²) in [7, 11) is 0. The molecule has 4 nitrogen and oxygen atoms in total. The summed E-state index contributed by atoms with van der Waals surface area (Å²) in [6.07, 6.45) is 2.32. The molecule has 0 spiro atoms. The third kappa shape index (κ3) is 2.74. The molecular weight excluding hydrogens is 252 g/mol. The van der Waals surface area contributed by atoms with Crippen LogP contribution in [0, 0.1) is 13.8 Å². The SMILES string of the molecule is CCOC(=O)c1cnn(-c2cc(C)cc(C)c2)c1CC. The van der Waals surface area contributed by atoms with E-state index in [9.17, 15) is 4.79 Å². The molecule has 4 heteroatoms. The standard InChI is InChI=1S/C16H20N2O2/c1-5-15-14(16(19)20-6-2)10-17-18(15)13-8-11(3)7-12(4)9-13/h7-10H,5-6H2,1-4H3. The van der Waals surface area contributed by atoms with Crippen LogP contribution in [-0.4, -0.2) is 22.4 Å². The first-order valence-corrected chi connectivity index (χ1v) is 6.89. The Morgan fingerprint density at radius 2 is 1.85 bits per heavy atom. The maximum atomic E-state index is 11.9. The zero-order chi connectivity index (χ0) is 14.7. The Labute approximate surface area is 119 Å². The minimum Gasteiger partial charge on any atom is -0.462 e. The summed E-state index contributed by atoms with van der Waals surface area (Å²) in [6.45, 7) is 8.29. The van der Waals surface area contributed by atoms with E-state index in [4.69, 9.17) is 4.74 Å². The van der Waals surface area contributed by atoms with Gasteiger partial charge in [-0.2, -0.15) is 5.10 Å². The van der Waals surface area contributed by atoms with E-state index >= 15 is 0 Å². The molecule has 106 valence electrons. The number of aryl methyl sites for hydroxylation is 2. The van der Waals surface area contributed by atoms with Crippen molar-refractivity contribution in [1.82, 2.24) is 9.78 Å². The highest BCUT2D eigenvalue weighted by molar-refractivity contribution is 5.90. The third-order valence-corrected chi connectivity index (χ3v) is 3.15. The van der Waals surface area contributed by atoms with Crippen molar-refractivity contribution in [3.8, 4) is 5.69 Å². The van der Waals surface area contributed by atoms with Crippen LogP contribution in [0.3, 0.4) is 0 Å². The zero-order valence-electron chi connectivity index (χ0n) is 12.4. The Kier molecular flexibility index (Phi) is 4.23. The van der Waals surface area contributed by atoms with Crippen LogP contribution >= 0.6 is 0 Å². The van der Waals surface area contributed by atoms with Gasteiger partial charge in [0.25, 0.3) is 0 Å². The van der Waals surface area contributed by atoms with Gasteiger partial charge in [-0.3, -0.25) is 0 Å². The van der Waals surface area contributed by atoms with E-state index in [1.54, 1.807) is 13.1 Å².